The second kappa shape index (κ2) is 17.5. The number of nitrogens with one attached hydrogen (secondary N) is 1. The van der Waals surface area contributed by atoms with E-state index in [9.17, 15) is 9.59 Å². The first-order chi connectivity index (χ1) is 11.2. The van der Waals surface area contributed by atoms with E-state index in [0.717, 1.165) is 19.3 Å². The van der Waals surface area contributed by atoms with E-state index in [0.29, 0.717) is 19.4 Å². The van der Waals surface area contributed by atoms with Crippen LogP contribution < -0.4 is 5.32 Å². The summed E-state index contributed by atoms with van der Waals surface area (Å²) in [6, 6.07) is 0. The quantitative estimate of drug-likeness (QED) is 0.356. The van der Waals surface area contributed by atoms with Crippen LogP contribution in [0.25, 0.3) is 0 Å². The van der Waals surface area contributed by atoms with Crippen LogP contribution in [0.1, 0.15) is 110 Å². The van der Waals surface area contributed by atoms with Crippen LogP contribution in [0.2, 0.25) is 0 Å². The van der Waals surface area contributed by atoms with Gasteiger partial charge in [-0.3, -0.25) is 4.79 Å². The Morgan fingerprint density at radius 3 is 1.61 bits per heavy atom. The summed E-state index contributed by atoms with van der Waals surface area (Å²) in [4.78, 5) is 22.3. The van der Waals surface area contributed by atoms with Crippen LogP contribution in [0.5, 0.6) is 0 Å². The number of carbonyl (C=O) groups excluding carboxylic acids is 2. The summed E-state index contributed by atoms with van der Waals surface area (Å²) in [6.07, 6.45) is 17.8. The van der Waals surface area contributed by atoms with E-state index in [1.165, 1.54) is 64.2 Å². The van der Waals surface area contributed by atoms with Crippen LogP contribution in [0.15, 0.2) is 0 Å². The van der Waals surface area contributed by atoms with Crippen LogP contribution in [0, 0.1) is 0 Å². The third-order valence-corrected chi connectivity index (χ3v) is 4.29. The van der Waals surface area contributed by atoms with Gasteiger partial charge in [0.1, 0.15) is 5.78 Å². The van der Waals surface area contributed by atoms with Crippen molar-refractivity contribution in [1.29, 1.82) is 0 Å². The third kappa shape index (κ3) is 19.1. The normalized spacial score (nSPS) is 10.7. The van der Waals surface area contributed by atoms with Gasteiger partial charge in [-0.1, -0.05) is 77.6 Å². The minimum atomic E-state index is 0.139. The van der Waals surface area contributed by atoms with Crippen molar-refractivity contribution in [2.24, 2.45) is 0 Å². The van der Waals surface area contributed by atoms with E-state index in [-0.39, 0.29) is 11.7 Å². The summed E-state index contributed by atoms with van der Waals surface area (Å²) in [5.41, 5.74) is 0. The minimum absolute atomic E-state index is 0.139. The fraction of sp³-hybridized carbons (Fsp3) is 0.900. The highest BCUT2D eigenvalue weighted by atomic mass is 16.1. The maximum atomic E-state index is 11.6. The molecule has 0 saturated carbocycles. The summed E-state index contributed by atoms with van der Waals surface area (Å²) < 4.78 is 0. The molecule has 1 N–H and O–H groups in total. The van der Waals surface area contributed by atoms with Crippen molar-refractivity contribution in [2.45, 2.75) is 110 Å². The van der Waals surface area contributed by atoms with Crippen molar-refractivity contribution < 1.29 is 9.59 Å². The molecule has 0 heterocycles. The number of hydrogen-bond donors (Lipinski definition) is 1. The number of ketones is 1. The lowest BCUT2D eigenvalue weighted by Crippen LogP contribution is -2.24. The van der Waals surface area contributed by atoms with Gasteiger partial charge in [0.2, 0.25) is 5.91 Å². The predicted molar refractivity (Wildman–Crippen MR) is 98.6 cm³/mol. The van der Waals surface area contributed by atoms with Crippen LogP contribution >= 0.6 is 0 Å². The maximum absolute atomic E-state index is 11.6. The predicted octanol–water partition coefficient (Wildman–Crippen LogP) is 5.56. The zero-order valence-electron chi connectivity index (χ0n) is 15.6. The highest BCUT2D eigenvalue weighted by molar-refractivity contribution is 5.76. The molecule has 0 saturated heterocycles. The molecule has 0 rings (SSSR count). The van der Waals surface area contributed by atoms with Crippen molar-refractivity contribution in [3.05, 3.63) is 0 Å². The lowest BCUT2D eigenvalue weighted by atomic mass is 10.0. The van der Waals surface area contributed by atoms with Gasteiger partial charge in [-0.05, 0) is 19.8 Å². The summed E-state index contributed by atoms with van der Waals surface area (Å²) in [5.74, 6) is 0.334. The maximum Gasteiger partial charge on any atom is 0.219 e. The first-order valence-electron chi connectivity index (χ1n) is 9.93. The van der Waals surface area contributed by atoms with Crippen molar-refractivity contribution in [3.8, 4) is 0 Å². The Morgan fingerprint density at radius 1 is 0.652 bits per heavy atom. The van der Waals surface area contributed by atoms with Crippen molar-refractivity contribution >= 4 is 11.7 Å². The fourth-order valence-corrected chi connectivity index (χ4v) is 2.78. The van der Waals surface area contributed by atoms with Crippen molar-refractivity contribution in [2.75, 3.05) is 6.54 Å². The fourth-order valence-electron chi connectivity index (χ4n) is 2.78. The van der Waals surface area contributed by atoms with E-state index >= 15 is 0 Å². The van der Waals surface area contributed by atoms with Crippen molar-refractivity contribution in [1.82, 2.24) is 5.32 Å². The van der Waals surface area contributed by atoms with Crippen LogP contribution in [-0.2, 0) is 9.59 Å². The van der Waals surface area contributed by atoms with Gasteiger partial charge in [0.05, 0.1) is 0 Å². The van der Waals surface area contributed by atoms with E-state index in [1.54, 1.807) is 6.92 Å². The molecule has 3 heteroatoms. The molecule has 0 unspecified atom stereocenters. The molecule has 1 amide bonds. The standard InChI is InChI=1S/C20H39NO2/c1-3-4-5-6-7-8-9-10-11-12-13-14-17-20(23)21-18-15-16-19(2)22/h3-18H2,1-2H3,(H,21,23). The molecule has 0 aliphatic carbocycles. The molecule has 0 aliphatic heterocycles. The average molecular weight is 326 g/mol. The monoisotopic (exact) mass is 325 g/mol. The largest absolute Gasteiger partial charge is 0.356 e. The zero-order chi connectivity index (χ0) is 17.2. The molecule has 136 valence electrons. The van der Waals surface area contributed by atoms with Gasteiger partial charge < -0.3 is 10.1 Å². The van der Waals surface area contributed by atoms with Crippen molar-refractivity contribution in [3.63, 3.8) is 0 Å². The summed E-state index contributed by atoms with van der Waals surface area (Å²) in [7, 11) is 0. The molecule has 0 aromatic carbocycles. The van der Waals surface area contributed by atoms with Gasteiger partial charge in [0.25, 0.3) is 0 Å². The number of amides is 1. The lowest BCUT2D eigenvalue weighted by Gasteiger charge is -2.05. The molecule has 0 radical (unpaired) electrons. The third-order valence-electron chi connectivity index (χ3n) is 4.29. The topological polar surface area (TPSA) is 46.2 Å². The van der Waals surface area contributed by atoms with E-state index in [1.807, 2.05) is 0 Å². The summed E-state index contributed by atoms with van der Waals surface area (Å²) in [5, 5.41) is 2.89. The van der Waals surface area contributed by atoms with Gasteiger partial charge in [0, 0.05) is 19.4 Å². The Balaban J connectivity index is 3.14. The van der Waals surface area contributed by atoms with E-state index < -0.39 is 0 Å². The van der Waals surface area contributed by atoms with Crippen LogP contribution in [0.4, 0.5) is 0 Å². The molecule has 0 spiro atoms. The Morgan fingerprint density at radius 2 is 1.13 bits per heavy atom. The molecule has 23 heavy (non-hydrogen) atoms. The number of carbonyl (C=O) groups is 2. The molecular formula is C20H39NO2. The molecule has 0 aliphatic rings. The second-order valence-corrected chi connectivity index (χ2v) is 6.79. The van der Waals surface area contributed by atoms with Crippen LogP contribution in [0.3, 0.4) is 0 Å². The smallest absolute Gasteiger partial charge is 0.219 e. The number of unbranched alkanes of at least 4 members (excludes halogenated alkanes) is 11. The number of rotatable bonds is 17. The molecule has 3 nitrogen and oxygen atoms in total. The van der Waals surface area contributed by atoms with E-state index in [2.05, 4.69) is 12.2 Å². The molecule has 0 aromatic rings. The van der Waals surface area contributed by atoms with Gasteiger partial charge in [-0.2, -0.15) is 0 Å². The highest BCUT2D eigenvalue weighted by Crippen LogP contribution is 2.12. The molecule has 0 aromatic heterocycles. The van der Waals surface area contributed by atoms with Gasteiger partial charge in [0.15, 0.2) is 0 Å². The Hall–Kier alpha value is -0.860. The lowest BCUT2D eigenvalue weighted by molar-refractivity contribution is -0.121. The molecule has 0 bridgehead atoms. The second-order valence-electron chi connectivity index (χ2n) is 6.79. The Kier molecular flexibility index (Phi) is 16.8. The van der Waals surface area contributed by atoms with Gasteiger partial charge in [-0.15, -0.1) is 0 Å². The highest BCUT2D eigenvalue weighted by Gasteiger charge is 2.01. The Bertz CT molecular complexity index is 289. The minimum Gasteiger partial charge on any atom is -0.356 e. The number of Topliss-reactive ketones (excluding diaryl/α,β-unsaturated/α-hetero) is 1. The van der Waals surface area contributed by atoms with Gasteiger partial charge in [-0.25, -0.2) is 0 Å². The summed E-state index contributed by atoms with van der Waals surface area (Å²) >= 11 is 0. The average Bonchev–Trinajstić information content (AvgIpc) is 2.52. The molecule has 0 atom stereocenters. The van der Waals surface area contributed by atoms with Crippen LogP contribution in [-0.4, -0.2) is 18.2 Å². The molecule has 0 fully saturated rings. The first-order valence-corrected chi connectivity index (χ1v) is 9.93. The van der Waals surface area contributed by atoms with Gasteiger partial charge >= 0.3 is 0 Å². The zero-order valence-corrected chi connectivity index (χ0v) is 15.6. The Labute approximate surface area is 144 Å². The first kappa shape index (κ1) is 22.1. The molecular weight excluding hydrogens is 286 g/mol. The number of hydrogen-bond acceptors (Lipinski definition) is 2. The summed E-state index contributed by atoms with van der Waals surface area (Å²) in [6.45, 7) is 4.49. The van der Waals surface area contributed by atoms with E-state index in [4.69, 9.17) is 0 Å². The SMILES string of the molecule is CCCCCCCCCCCCCCC(=O)NCCCC(C)=O.